The fourth-order valence-corrected chi connectivity index (χ4v) is 3.86. The Bertz CT molecular complexity index is 482. The Balaban J connectivity index is 1.67. The van der Waals surface area contributed by atoms with Gasteiger partial charge in [-0.05, 0) is 38.0 Å². The second kappa shape index (κ2) is 6.67. The molecule has 5 heteroatoms. The molecule has 0 saturated heterocycles. The van der Waals surface area contributed by atoms with Crippen molar-refractivity contribution in [3.63, 3.8) is 0 Å². The highest BCUT2D eigenvalue weighted by Gasteiger charge is 2.37. The van der Waals surface area contributed by atoms with E-state index < -0.39 is 0 Å². The average molecular weight is 307 g/mol. The van der Waals surface area contributed by atoms with Crippen molar-refractivity contribution in [3.8, 4) is 0 Å². The summed E-state index contributed by atoms with van der Waals surface area (Å²) in [6.07, 6.45) is 10.1. The molecule has 3 atom stereocenters. The molecule has 124 valence electrons. The van der Waals surface area contributed by atoms with Crippen LogP contribution < -0.4 is 5.73 Å². The summed E-state index contributed by atoms with van der Waals surface area (Å²) >= 11 is 0. The Morgan fingerprint density at radius 2 is 2.09 bits per heavy atom. The maximum absolute atomic E-state index is 6.41. The van der Waals surface area contributed by atoms with Gasteiger partial charge >= 0.3 is 0 Å². The molecule has 0 bridgehead atoms. The van der Waals surface area contributed by atoms with Crippen LogP contribution in [0.15, 0.2) is 4.52 Å². The van der Waals surface area contributed by atoms with Gasteiger partial charge in [0.15, 0.2) is 5.82 Å². The van der Waals surface area contributed by atoms with Gasteiger partial charge in [-0.2, -0.15) is 4.98 Å². The van der Waals surface area contributed by atoms with Crippen molar-refractivity contribution < 1.29 is 9.26 Å². The molecule has 2 saturated carbocycles. The van der Waals surface area contributed by atoms with Crippen molar-refractivity contribution in [2.45, 2.75) is 89.4 Å². The smallest absolute Gasteiger partial charge is 0.255 e. The predicted octanol–water partition coefficient (Wildman–Crippen LogP) is 3.84. The summed E-state index contributed by atoms with van der Waals surface area (Å²) < 4.78 is 11.8. The molecule has 0 aliphatic heterocycles. The van der Waals surface area contributed by atoms with Crippen LogP contribution in [-0.4, -0.2) is 16.2 Å². The molecule has 1 heterocycles. The van der Waals surface area contributed by atoms with Gasteiger partial charge in [-0.15, -0.1) is 0 Å². The van der Waals surface area contributed by atoms with Crippen molar-refractivity contribution in [2.24, 2.45) is 11.7 Å². The fraction of sp³-hybridized carbons (Fsp3) is 0.882. The van der Waals surface area contributed by atoms with E-state index in [0.717, 1.165) is 50.9 Å². The molecule has 1 aromatic rings. The molecule has 5 nitrogen and oxygen atoms in total. The maximum Gasteiger partial charge on any atom is 0.255 e. The lowest BCUT2D eigenvalue weighted by atomic mass is 9.88. The summed E-state index contributed by atoms with van der Waals surface area (Å²) in [6.45, 7) is 4.41. The first-order valence-electron chi connectivity index (χ1n) is 8.89. The van der Waals surface area contributed by atoms with Gasteiger partial charge < -0.3 is 15.0 Å². The molecule has 1 aromatic heterocycles. The largest absolute Gasteiger partial charge is 0.365 e. The number of hydrogen-bond donors (Lipinski definition) is 1. The zero-order valence-corrected chi connectivity index (χ0v) is 13.9. The number of aromatic nitrogens is 2. The molecule has 0 amide bonds. The summed E-state index contributed by atoms with van der Waals surface area (Å²) in [6, 6.07) is 0. The van der Waals surface area contributed by atoms with Crippen LogP contribution in [0.2, 0.25) is 0 Å². The lowest BCUT2D eigenvalue weighted by Crippen LogP contribution is -2.34. The third-order valence-electron chi connectivity index (χ3n) is 5.27. The number of ether oxygens (including phenoxy) is 1. The highest BCUT2D eigenvalue weighted by Crippen LogP contribution is 2.36. The molecule has 22 heavy (non-hydrogen) atoms. The van der Waals surface area contributed by atoms with Crippen LogP contribution in [0.25, 0.3) is 0 Å². The Kier molecular flexibility index (Phi) is 4.83. The Labute approximate surface area is 133 Å². The van der Waals surface area contributed by atoms with Crippen molar-refractivity contribution in [1.29, 1.82) is 0 Å². The van der Waals surface area contributed by atoms with Gasteiger partial charge in [0, 0.05) is 0 Å². The van der Waals surface area contributed by atoms with Crippen molar-refractivity contribution >= 4 is 0 Å². The molecular weight excluding hydrogens is 278 g/mol. The minimum atomic E-state index is -0.389. The normalized spacial score (nSPS) is 29.6. The van der Waals surface area contributed by atoms with Crippen molar-refractivity contribution in [3.05, 3.63) is 11.7 Å². The van der Waals surface area contributed by atoms with E-state index in [1.807, 2.05) is 0 Å². The zero-order valence-electron chi connectivity index (χ0n) is 13.9. The monoisotopic (exact) mass is 307 g/mol. The second-order valence-corrected chi connectivity index (χ2v) is 7.25. The van der Waals surface area contributed by atoms with Crippen molar-refractivity contribution in [2.75, 3.05) is 0 Å². The summed E-state index contributed by atoms with van der Waals surface area (Å²) in [7, 11) is 0. The number of nitrogens with two attached hydrogens (primary N) is 1. The van der Waals surface area contributed by atoms with E-state index in [9.17, 15) is 0 Å². The van der Waals surface area contributed by atoms with E-state index >= 15 is 0 Å². The van der Waals surface area contributed by atoms with Crippen LogP contribution >= 0.6 is 0 Å². The highest BCUT2D eigenvalue weighted by molar-refractivity contribution is 5.07. The Hall–Kier alpha value is -0.940. The molecule has 2 aliphatic carbocycles. The van der Waals surface area contributed by atoms with E-state index in [2.05, 4.69) is 24.0 Å². The summed E-state index contributed by atoms with van der Waals surface area (Å²) in [5, 5.41) is 4.16. The molecule has 2 aliphatic rings. The predicted molar refractivity (Wildman–Crippen MR) is 84.2 cm³/mol. The van der Waals surface area contributed by atoms with Gasteiger partial charge in [0.05, 0.1) is 11.6 Å². The standard InChI is InChI=1S/C17H29N3O2/c1-3-14(21-13-8-6-7-12(2)11-13)15-19-16(20-22-15)17(18)9-4-5-10-17/h12-14H,3-11,18H2,1-2H3. The second-order valence-electron chi connectivity index (χ2n) is 7.25. The quantitative estimate of drug-likeness (QED) is 0.894. The Morgan fingerprint density at radius 1 is 1.32 bits per heavy atom. The van der Waals surface area contributed by atoms with Crippen molar-refractivity contribution in [1.82, 2.24) is 10.1 Å². The molecule has 2 N–H and O–H groups in total. The van der Waals surface area contributed by atoms with Crippen LogP contribution in [0.3, 0.4) is 0 Å². The molecule has 3 rings (SSSR count). The maximum atomic E-state index is 6.41. The van der Waals surface area contributed by atoms with Crippen LogP contribution in [0.4, 0.5) is 0 Å². The molecule has 2 fully saturated rings. The van der Waals surface area contributed by atoms with Crippen LogP contribution in [0.1, 0.15) is 89.5 Å². The Morgan fingerprint density at radius 3 is 2.77 bits per heavy atom. The first-order chi connectivity index (χ1) is 10.6. The van der Waals surface area contributed by atoms with Gasteiger partial charge in [-0.1, -0.05) is 44.7 Å². The number of hydrogen-bond acceptors (Lipinski definition) is 5. The van der Waals surface area contributed by atoms with E-state index in [1.165, 1.54) is 12.8 Å². The van der Waals surface area contributed by atoms with E-state index in [-0.39, 0.29) is 11.6 Å². The van der Waals surface area contributed by atoms with E-state index in [4.69, 9.17) is 15.0 Å². The fourth-order valence-electron chi connectivity index (χ4n) is 3.86. The van der Waals surface area contributed by atoms with Crippen LogP contribution in [0, 0.1) is 5.92 Å². The molecule has 0 radical (unpaired) electrons. The SMILES string of the molecule is CCC(OC1CCCC(C)C1)c1nc(C2(N)CCCC2)no1. The third-order valence-corrected chi connectivity index (χ3v) is 5.27. The number of nitrogens with zero attached hydrogens (tertiary/aromatic N) is 2. The van der Waals surface area contributed by atoms with E-state index in [0.29, 0.717) is 17.8 Å². The van der Waals surface area contributed by atoms with E-state index in [1.54, 1.807) is 0 Å². The molecule has 3 unspecified atom stereocenters. The van der Waals surface area contributed by atoms with Gasteiger partial charge in [-0.25, -0.2) is 0 Å². The van der Waals surface area contributed by atoms with Crippen LogP contribution in [-0.2, 0) is 10.3 Å². The zero-order chi connectivity index (χ0) is 15.6. The topological polar surface area (TPSA) is 74.2 Å². The van der Waals surface area contributed by atoms with Gasteiger partial charge in [0.25, 0.3) is 5.89 Å². The van der Waals surface area contributed by atoms with Gasteiger partial charge in [0.1, 0.15) is 6.10 Å². The minimum absolute atomic E-state index is 0.0958. The van der Waals surface area contributed by atoms with Gasteiger partial charge in [-0.3, -0.25) is 0 Å². The highest BCUT2D eigenvalue weighted by atomic mass is 16.5. The molecule has 0 aromatic carbocycles. The lowest BCUT2D eigenvalue weighted by molar-refractivity contribution is -0.0547. The average Bonchev–Trinajstić information content (AvgIpc) is 3.15. The first kappa shape index (κ1) is 15.9. The summed E-state index contributed by atoms with van der Waals surface area (Å²) in [5.41, 5.74) is 6.02. The summed E-state index contributed by atoms with van der Waals surface area (Å²) in [4.78, 5) is 4.59. The van der Waals surface area contributed by atoms with Gasteiger partial charge in [0.2, 0.25) is 0 Å². The number of rotatable bonds is 5. The van der Waals surface area contributed by atoms with Crippen LogP contribution in [0.5, 0.6) is 0 Å². The summed E-state index contributed by atoms with van der Waals surface area (Å²) in [5.74, 6) is 2.02. The third kappa shape index (κ3) is 3.35. The minimum Gasteiger partial charge on any atom is -0.365 e. The first-order valence-corrected chi connectivity index (χ1v) is 8.89. The molecule has 0 spiro atoms. The molecular formula is C17H29N3O2. The lowest BCUT2D eigenvalue weighted by Gasteiger charge is -2.29.